The Morgan fingerprint density at radius 2 is 1.11 bits per heavy atom. The fraction of sp³-hybridized carbons (Fsp3) is 0. The smallest absolute Gasteiger partial charge is 0.136 e. The van der Waals surface area contributed by atoms with Crippen LogP contribution in [0.2, 0.25) is 0 Å². The molecule has 0 unspecified atom stereocenters. The number of rotatable bonds is 5. The van der Waals surface area contributed by atoms with Crippen LogP contribution >= 0.6 is 11.3 Å². The Bertz CT molecular complexity index is 2490. The molecule has 0 amide bonds. The second kappa shape index (κ2) is 10.5. The Kier molecular flexibility index (Phi) is 6.03. The molecule has 0 aliphatic heterocycles. The molecule has 0 saturated carbocycles. The van der Waals surface area contributed by atoms with Crippen molar-refractivity contribution in [3.05, 3.63) is 164 Å². The van der Waals surface area contributed by atoms with Gasteiger partial charge in [-0.05, 0) is 71.3 Å². The van der Waals surface area contributed by atoms with E-state index in [9.17, 15) is 0 Å². The molecule has 2 aromatic heterocycles. The van der Waals surface area contributed by atoms with Crippen molar-refractivity contribution >= 4 is 70.5 Å². The summed E-state index contributed by atoms with van der Waals surface area (Å²) in [6, 6.07) is 58.5. The zero-order valence-corrected chi connectivity index (χ0v) is 25.2. The highest BCUT2D eigenvalue weighted by Gasteiger charge is 2.22. The number of benzene rings is 7. The van der Waals surface area contributed by atoms with Crippen LogP contribution in [0.3, 0.4) is 0 Å². The van der Waals surface area contributed by atoms with Crippen molar-refractivity contribution in [2.45, 2.75) is 0 Å². The number of fused-ring (bicyclic) bond motifs is 6. The first-order chi connectivity index (χ1) is 22.3. The highest BCUT2D eigenvalue weighted by molar-refractivity contribution is 7.25. The molecule has 9 rings (SSSR count). The topological polar surface area (TPSA) is 16.4 Å². The van der Waals surface area contributed by atoms with Gasteiger partial charge >= 0.3 is 0 Å². The third-order valence-corrected chi connectivity index (χ3v) is 9.80. The minimum Gasteiger partial charge on any atom is -0.456 e. The van der Waals surface area contributed by atoms with E-state index in [4.69, 9.17) is 4.42 Å². The van der Waals surface area contributed by atoms with E-state index in [1.165, 1.54) is 31.3 Å². The number of nitrogens with zero attached hydrogens (tertiary/aromatic N) is 1. The van der Waals surface area contributed by atoms with Crippen molar-refractivity contribution in [1.29, 1.82) is 0 Å². The van der Waals surface area contributed by atoms with Crippen LogP contribution < -0.4 is 4.90 Å². The normalized spacial score (nSPS) is 11.6. The fourth-order valence-corrected chi connectivity index (χ4v) is 7.77. The third-order valence-electron chi connectivity index (χ3n) is 8.67. The quantitative estimate of drug-likeness (QED) is 0.197. The summed E-state index contributed by atoms with van der Waals surface area (Å²) in [5, 5.41) is 4.86. The second-order valence-electron chi connectivity index (χ2n) is 11.3. The predicted octanol–water partition coefficient (Wildman–Crippen LogP) is 12.8. The lowest BCUT2D eigenvalue weighted by Crippen LogP contribution is -2.11. The maximum atomic E-state index is 6.39. The molecular formula is C42H27NOS. The highest BCUT2D eigenvalue weighted by Crippen LogP contribution is 2.47. The Morgan fingerprint density at radius 1 is 0.422 bits per heavy atom. The molecule has 9 aromatic rings. The van der Waals surface area contributed by atoms with Crippen molar-refractivity contribution in [2.24, 2.45) is 0 Å². The number of para-hydroxylation sites is 2. The summed E-state index contributed by atoms with van der Waals surface area (Å²) in [6.45, 7) is 0. The van der Waals surface area contributed by atoms with Crippen molar-refractivity contribution in [1.82, 2.24) is 0 Å². The van der Waals surface area contributed by atoms with Gasteiger partial charge in [0.25, 0.3) is 0 Å². The molecule has 0 radical (unpaired) electrons. The van der Waals surface area contributed by atoms with Gasteiger partial charge in [0, 0.05) is 47.9 Å². The van der Waals surface area contributed by atoms with E-state index in [1.807, 2.05) is 23.5 Å². The average Bonchev–Trinajstić information content (AvgIpc) is 3.67. The largest absolute Gasteiger partial charge is 0.456 e. The van der Waals surface area contributed by atoms with Crippen LogP contribution in [0.15, 0.2) is 168 Å². The molecule has 0 aliphatic carbocycles. The number of hydrogen-bond acceptors (Lipinski definition) is 3. The minimum absolute atomic E-state index is 0.889. The van der Waals surface area contributed by atoms with E-state index in [0.29, 0.717) is 0 Å². The Labute approximate surface area is 265 Å². The molecule has 0 spiro atoms. The van der Waals surface area contributed by atoms with Crippen LogP contribution in [-0.2, 0) is 0 Å². The van der Waals surface area contributed by atoms with Crippen molar-refractivity contribution in [3.8, 4) is 22.3 Å². The van der Waals surface area contributed by atoms with Gasteiger partial charge in [-0.2, -0.15) is 0 Å². The molecule has 2 nitrogen and oxygen atoms in total. The minimum atomic E-state index is 0.889. The Balaban J connectivity index is 1.33. The van der Waals surface area contributed by atoms with Crippen LogP contribution in [0.25, 0.3) is 64.4 Å². The molecule has 212 valence electrons. The molecule has 0 atom stereocenters. The second-order valence-corrected chi connectivity index (χ2v) is 12.4. The molecule has 0 saturated heterocycles. The standard InChI is InChI=1S/C42H27NOS/c1-3-12-28(13-4-1)32-18-11-19-37(42(32)29-22-24-34-33-16-7-9-20-38(33)44-39(34)26-29)43(30-14-5-2-6-15-30)31-23-25-36-35-17-8-10-21-40(35)45-41(36)27-31/h1-27H. The molecular weight excluding hydrogens is 567 g/mol. The highest BCUT2D eigenvalue weighted by atomic mass is 32.1. The predicted molar refractivity (Wildman–Crippen MR) is 192 cm³/mol. The SMILES string of the molecule is c1ccc(-c2cccc(N(c3ccccc3)c3ccc4c(c3)sc3ccccc34)c2-c2ccc3c(c2)oc2ccccc23)cc1. The first-order valence-electron chi connectivity index (χ1n) is 15.2. The van der Waals surface area contributed by atoms with Crippen molar-refractivity contribution in [3.63, 3.8) is 0 Å². The van der Waals surface area contributed by atoms with Gasteiger partial charge < -0.3 is 9.32 Å². The molecule has 0 aliphatic rings. The zero-order chi connectivity index (χ0) is 29.7. The monoisotopic (exact) mass is 593 g/mol. The lowest BCUT2D eigenvalue weighted by atomic mass is 9.91. The number of anilines is 3. The molecule has 3 heteroatoms. The fourth-order valence-electron chi connectivity index (χ4n) is 6.63. The van der Waals surface area contributed by atoms with Gasteiger partial charge in [-0.3, -0.25) is 0 Å². The lowest BCUT2D eigenvalue weighted by Gasteiger charge is -2.29. The van der Waals surface area contributed by atoms with Crippen LogP contribution in [0, 0.1) is 0 Å². The summed E-state index contributed by atoms with van der Waals surface area (Å²) >= 11 is 1.85. The summed E-state index contributed by atoms with van der Waals surface area (Å²) < 4.78 is 8.98. The van der Waals surface area contributed by atoms with E-state index in [1.54, 1.807) is 0 Å². The van der Waals surface area contributed by atoms with E-state index in [-0.39, 0.29) is 0 Å². The molecule has 0 bridgehead atoms. The summed E-state index contributed by atoms with van der Waals surface area (Å²) in [5.74, 6) is 0. The van der Waals surface area contributed by atoms with Crippen LogP contribution in [0.1, 0.15) is 0 Å². The first kappa shape index (κ1) is 25.8. The van der Waals surface area contributed by atoms with E-state index in [2.05, 4.69) is 157 Å². The van der Waals surface area contributed by atoms with Gasteiger partial charge in [0.15, 0.2) is 0 Å². The number of thiophene rings is 1. The summed E-state index contributed by atoms with van der Waals surface area (Å²) in [4.78, 5) is 2.40. The molecule has 7 aromatic carbocycles. The van der Waals surface area contributed by atoms with Crippen LogP contribution in [-0.4, -0.2) is 0 Å². The number of furan rings is 1. The molecule has 0 fully saturated rings. The summed E-state index contributed by atoms with van der Waals surface area (Å²) in [7, 11) is 0. The maximum Gasteiger partial charge on any atom is 0.136 e. The number of hydrogen-bond donors (Lipinski definition) is 0. The van der Waals surface area contributed by atoms with Crippen molar-refractivity contribution in [2.75, 3.05) is 4.90 Å². The van der Waals surface area contributed by atoms with E-state index < -0.39 is 0 Å². The van der Waals surface area contributed by atoms with Gasteiger partial charge in [0.05, 0.1) is 5.69 Å². The lowest BCUT2D eigenvalue weighted by molar-refractivity contribution is 0.669. The van der Waals surface area contributed by atoms with Gasteiger partial charge in [-0.1, -0.05) is 109 Å². The van der Waals surface area contributed by atoms with Crippen molar-refractivity contribution < 1.29 is 4.42 Å². The first-order valence-corrected chi connectivity index (χ1v) is 16.0. The van der Waals surface area contributed by atoms with E-state index >= 15 is 0 Å². The van der Waals surface area contributed by atoms with E-state index in [0.717, 1.165) is 50.1 Å². The summed E-state index contributed by atoms with van der Waals surface area (Å²) in [5.41, 5.74) is 9.75. The average molecular weight is 594 g/mol. The zero-order valence-electron chi connectivity index (χ0n) is 24.4. The summed E-state index contributed by atoms with van der Waals surface area (Å²) in [6.07, 6.45) is 0. The van der Waals surface area contributed by atoms with Gasteiger partial charge in [-0.15, -0.1) is 11.3 Å². The molecule has 0 N–H and O–H groups in total. The molecule has 45 heavy (non-hydrogen) atoms. The van der Waals surface area contributed by atoms with Crippen LogP contribution in [0.4, 0.5) is 17.1 Å². The molecule has 2 heterocycles. The van der Waals surface area contributed by atoms with Gasteiger partial charge in [0.1, 0.15) is 11.2 Å². The maximum absolute atomic E-state index is 6.39. The Hall–Kier alpha value is -5.64. The van der Waals surface area contributed by atoms with Gasteiger partial charge in [0.2, 0.25) is 0 Å². The third kappa shape index (κ3) is 4.32. The Morgan fingerprint density at radius 3 is 1.98 bits per heavy atom. The van der Waals surface area contributed by atoms with Crippen LogP contribution in [0.5, 0.6) is 0 Å². The van der Waals surface area contributed by atoms with Gasteiger partial charge in [-0.25, -0.2) is 0 Å².